The van der Waals surface area contributed by atoms with Crippen molar-refractivity contribution >= 4 is 11.8 Å². The molecule has 1 aliphatic heterocycles. The van der Waals surface area contributed by atoms with Gasteiger partial charge in [0.25, 0.3) is 0 Å². The Morgan fingerprint density at radius 1 is 1.12 bits per heavy atom. The van der Waals surface area contributed by atoms with Crippen molar-refractivity contribution < 1.29 is 0 Å². The van der Waals surface area contributed by atoms with Gasteiger partial charge in [-0.2, -0.15) is 0 Å². The molecule has 0 atom stereocenters. The fourth-order valence-electron chi connectivity index (χ4n) is 3.27. The first kappa shape index (κ1) is 20.5. The molecule has 0 unspecified atom stereocenters. The third kappa shape index (κ3) is 6.83. The number of piperidine rings is 1. The summed E-state index contributed by atoms with van der Waals surface area (Å²) in [6.07, 6.45) is 6.00. The van der Waals surface area contributed by atoms with Crippen molar-refractivity contribution in [2.75, 3.05) is 50.7 Å². The van der Waals surface area contributed by atoms with Crippen molar-refractivity contribution in [1.29, 1.82) is 0 Å². The fourth-order valence-corrected chi connectivity index (χ4v) is 3.27. The first-order chi connectivity index (χ1) is 12.8. The van der Waals surface area contributed by atoms with Crippen molar-refractivity contribution in [2.24, 2.45) is 4.99 Å². The average molecular weight is 361 g/mol. The lowest BCUT2D eigenvalue weighted by atomic mass is 10.1. The Labute approximate surface area is 159 Å². The Morgan fingerprint density at radius 2 is 1.88 bits per heavy atom. The van der Waals surface area contributed by atoms with E-state index in [1.165, 1.54) is 32.4 Å². The van der Waals surface area contributed by atoms with Gasteiger partial charge in [0.05, 0.1) is 6.54 Å². The minimum atomic E-state index is 0.643. The maximum absolute atomic E-state index is 4.70. The molecule has 2 N–H and O–H groups in total. The molecule has 2 rings (SSSR count). The van der Waals surface area contributed by atoms with Gasteiger partial charge in [-0.05, 0) is 58.3 Å². The van der Waals surface area contributed by atoms with Crippen LogP contribution in [-0.4, -0.2) is 61.7 Å². The van der Waals surface area contributed by atoms with Gasteiger partial charge in [-0.1, -0.05) is 12.5 Å². The summed E-state index contributed by atoms with van der Waals surface area (Å²) in [6, 6.07) is 4.22. The SMILES string of the molecule is CCNC(=NCc1ccc(N(CC)CC)nc1)NCCN1CCCCC1. The molecule has 0 bridgehead atoms. The molecule has 0 aromatic carbocycles. The van der Waals surface area contributed by atoms with Crippen molar-refractivity contribution in [3.8, 4) is 0 Å². The number of anilines is 1. The van der Waals surface area contributed by atoms with E-state index in [1.54, 1.807) is 0 Å². The van der Waals surface area contributed by atoms with Gasteiger partial charge in [0.2, 0.25) is 0 Å². The summed E-state index contributed by atoms with van der Waals surface area (Å²) >= 11 is 0. The molecule has 1 aromatic heterocycles. The van der Waals surface area contributed by atoms with E-state index in [2.05, 4.69) is 58.3 Å². The van der Waals surface area contributed by atoms with Crippen LogP contribution in [-0.2, 0) is 6.54 Å². The molecule has 1 aromatic rings. The summed E-state index contributed by atoms with van der Waals surface area (Å²) in [6.45, 7) is 14.4. The van der Waals surface area contributed by atoms with E-state index >= 15 is 0 Å². The predicted octanol–water partition coefficient (Wildman–Crippen LogP) is 2.47. The lowest BCUT2D eigenvalue weighted by molar-refractivity contribution is 0.232. The second-order valence-electron chi connectivity index (χ2n) is 6.72. The summed E-state index contributed by atoms with van der Waals surface area (Å²) in [5, 5.41) is 6.78. The second kappa shape index (κ2) is 11.7. The molecular weight excluding hydrogens is 324 g/mol. The number of guanidine groups is 1. The molecule has 0 saturated carbocycles. The van der Waals surface area contributed by atoms with Crippen molar-refractivity contribution in [1.82, 2.24) is 20.5 Å². The van der Waals surface area contributed by atoms with Crippen LogP contribution in [0.3, 0.4) is 0 Å². The van der Waals surface area contributed by atoms with Crippen LogP contribution in [0.4, 0.5) is 5.82 Å². The summed E-state index contributed by atoms with van der Waals surface area (Å²) < 4.78 is 0. The smallest absolute Gasteiger partial charge is 0.191 e. The highest BCUT2D eigenvalue weighted by Crippen LogP contribution is 2.11. The first-order valence-electron chi connectivity index (χ1n) is 10.2. The normalized spacial score (nSPS) is 15.7. The summed E-state index contributed by atoms with van der Waals surface area (Å²) in [5.41, 5.74) is 1.13. The van der Waals surface area contributed by atoms with Crippen molar-refractivity contribution in [3.05, 3.63) is 23.9 Å². The largest absolute Gasteiger partial charge is 0.357 e. The van der Waals surface area contributed by atoms with Crippen LogP contribution in [0.1, 0.15) is 45.6 Å². The molecule has 146 valence electrons. The zero-order valence-electron chi connectivity index (χ0n) is 16.8. The van der Waals surface area contributed by atoms with Gasteiger partial charge in [-0.15, -0.1) is 0 Å². The Kier molecular flexibility index (Phi) is 9.24. The van der Waals surface area contributed by atoms with Gasteiger partial charge in [-0.25, -0.2) is 9.98 Å². The number of rotatable bonds is 9. The van der Waals surface area contributed by atoms with Crippen molar-refractivity contribution in [2.45, 2.75) is 46.6 Å². The predicted molar refractivity (Wildman–Crippen MR) is 111 cm³/mol. The van der Waals surface area contributed by atoms with Gasteiger partial charge in [0.15, 0.2) is 5.96 Å². The van der Waals surface area contributed by atoms with Crippen LogP contribution < -0.4 is 15.5 Å². The van der Waals surface area contributed by atoms with Crippen LogP contribution >= 0.6 is 0 Å². The highest BCUT2D eigenvalue weighted by molar-refractivity contribution is 5.79. The molecule has 0 amide bonds. The van der Waals surface area contributed by atoms with Gasteiger partial charge < -0.3 is 20.4 Å². The summed E-state index contributed by atoms with van der Waals surface area (Å²) in [5.74, 6) is 1.92. The number of nitrogens with zero attached hydrogens (tertiary/aromatic N) is 4. The van der Waals surface area contributed by atoms with E-state index in [-0.39, 0.29) is 0 Å². The third-order valence-electron chi connectivity index (χ3n) is 4.83. The number of aliphatic imine (C=N–C) groups is 1. The molecule has 2 heterocycles. The molecule has 1 fully saturated rings. The first-order valence-corrected chi connectivity index (χ1v) is 10.2. The number of hydrogen-bond donors (Lipinski definition) is 2. The molecule has 0 spiro atoms. The van der Waals surface area contributed by atoms with Crippen LogP contribution in [0.2, 0.25) is 0 Å². The summed E-state index contributed by atoms with van der Waals surface area (Å²) in [7, 11) is 0. The Hall–Kier alpha value is -1.82. The van der Waals surface area contributed by atoms with Crippen LogP contribution in [0.25, 0.3) is 0 Å². The molecule has 6 nitrogen and oxygen atoms in total. The van der Waals surface area contributed by atoms with Gasteiger partial charge in [0.1, 0.15) is 5.82 Å². The maximum Gasteiger partial charge on any atom is 0.191 e. The van der Waals surface area contributed by atoms with Gasteiger partial charge >= 0.3 is 0 Å². The molecule has 26 heavy (non-hydrogen) atoms. The highest BCUT2D eigenvalue weighted by atomic mass is 15.2. The number of nitrogens with one attached hydrogen (secondary N) is 2. The minimum absolute atomic E-state index is 0.643. The van der Waals surface area contributed by atoms with Gasteiger partial charge in [-0.3, -0.25) is 0 Å². The van der Waals surface area contributed by atoms with Crippen LogP contribution in [0, 0.1) is 0 Å². The molecular formula is C20H36N6. The highest BCUT2D eigenvalue weighted by Gasteiger charge is 2.09. The van der Waals surface area contributed by atoms with Crippen LogP contribution in [0.15, 0.2) is 23.3 Å². The van der Waals surface area contributed by atoms with Crippen molar-refractivity contribution in [3.63, 3.8) is 0 Å². The molecule has 6 heteroatoms. The standard InChI is InChI=1S/C20H36N6/c1-4-21-20(22-12-15-25-13-8-7-9-14-25)24-17-18-10-11-19(23-16-18)26(5-2)6-3/h10-11,16H,4-9,12-15,17H2,1-3H3,(H2,21,22,24). The summed E-state index contributed by atoms with van der Waals surface area (Å²) in [4.78, 5) is 14.1. The number of pyridine rings is 1. The van der Waals surface area contributed by atoms with E-state index < -0.39 is 0 Å². The molecule has 1 saturated heterocycles. The lowest BCUT2D eigenvalue weighted by Gasteiger charge is -2.26. The minimum Gasteiger partial charge on any atom is -0.357 e. The lowest BCUT2D eigenvalue weighted by Crippen LogP contribution is -2.42. The monoisotopic (exact) mass is 360 g/mol. The fraction of sp³-hybridized carbons (Fsp3) is 0.700. The topological polar surface area (TPSA) is 55.8 Å². The Balaban J connectivity index is 1.83. The van der Waals surface area contributed by atoms with E-state index in [9.17, 15) is 0 Å². The quantitative estimate of drug-likeness (QED) is 0.523. The average Bonchev–Trinajstić information content (AvgIpc) is 2.69. The molecule has 1 aliphatic rings. The molecule has 0 aliphatic carbocycles. The number of hydrogen-bond acceptors (Lipinski definition) is 4. The zero-order valence-corrected chi connectivity index (χ0v) is 16.8. The number of aromatic nitrogens is 1. The Bertz CT molecular complexity index is 518. The molecule has 0 radical (unpaired) electrons. The van der Waals surface area contributed by atoms with E-state index in [4.69, 9.17) is 4.99 Å². The van der Waals surface area contributed by atoms with Gasteiger partial charge in [0, 0.05) is 38.9 Å². The third-order valence-corrected chi connectivity index (χ3v) is 4.83. The maximum atomic E-state index is 4.70. The van der Waals surface area contributed by atoms with Crippen LogP contribution in [0.5, 0.6) is 0 Å². The zero-order chi connectivity index (χ0) is 18.6. The number of likely N-dealkylation sites (tertiary alicyclic amines) is 1. The second-order valence-corrected chi connectivity index (χ2v) is 6.72. The van der Waals surface area contributed by atoms with E-state index in [0.29, 0.717) is 6.54 Å². The Morgan fingerprint density at radius 3 is 2.50 bits per heavy atom. The van der Waals surface area contributed by atoms with E-state index in [1.807, 2.05) is 6.20 Å². The van der Waals surface area contributed by atoms with E-state index in [0.717, 1.165) is 50.1 Å².